The first-order valence-corrected chi connectivity index (χ1v) is 7.42. The van der Waals surface area contributed by atoms with Crippen molar-refractivity contribution in [3.8, 4) is 0 Å². The summed E-state index contributed by atoms with van der Waals surface area (Å²) in [6.45, 7) is 8.21. The van der Waals surface area contributed by atoms with Gasteiger partial charge in [-0.1, -0.05) is 31.5 Å². The topological polar surface area (TPSA) is 29.1 Å². The van der Waals surface area contributed by atoms with E-state index in [1.54, 1.807) is 0 Å². The molecule has 2 rings (SSSR count). The van der Waals surface area contributed by atoms with Crippen molar-refractivity contribution in [1.29, 1.82) is 0 Å². The van der Waals surface area contributed by atoms with Crippen LogP contribution in [0.4, 0.5) is 0 Å². The van der Waals surface area contributed by atoms with E-state index in [2.05, 4.69) is 32.2 Å². The first kappa shape index (κ1) is 14.3. The third kappa shape index (κ3) is 2.74. The maximum atomic E-state index is 13.0. The highest BCUT2D eigenvalue weighted by atomic mass is 16.1. The van der Waals surface area contributed by atoms with Gasteiger partial charge in [-0.15, -0.1) is 0 Å². The molecular formula is C17H25NO. The van der Waals surface area contributed by atoms with Gasteiger partial charge in [0.1, 0.15) is 0 Å². The van der Waals surface area contributed by atoms with Gasteiger partial charge in [-0.25, -0.2) is 0 Å². The predicted octanol–water partition coefficient (Wildman–Crippen LogP) is 3.66. The smallest absolute Gasteiger partial charge is 0.170 e. The van der Waals surface area contributed by atoms with Gasteiger partial charge in [-0.2, -0.15) is 0 Å². The van der Waals surface area contributed by atoms with Gasteiger partial charge in [0.25, 0.3) is 0 Å². The molecule has 104 valence electrons. The van der Waals surface area contributed by atoms with E-state index in [1.165, 1.54) is 5.56 Å². The number of nitrogens with one attached hydrogen (secondary N) is 1. The Morgan fingerprint density at radius 2 is 2.16 bits per heavy atom. The molecule has 0 aliphatic carbocycles. The van der Waals surface area contributed by atoms with Crippen molar-refractivity contribution in [3.63, 3.8) is 0 Å². The number of hydrogen-bond acceptors (Lipinski definition) is 2. The molecule has 1 N–H and O–H groups in total. The highest BCUT2D eigenvalue weighted by Gasteiger charge is 2.39. The van der Waals surface area contributed by atoms with Crippen LogP contribution in [0, 0.1) is 19.3 Å². The molecule has 0 saturated carbocycles. The number of benzene rings is 1. The molecule has 1 aromatic carbocycles. The molecule has 0 spiro atoms. The fourth-order valence-corrected chi connectivity index (χ4v) is 3.25. The molecule has 1 heterocycles. The standard InChI is InChI=1S/C17H25NO/c1-4-9-17(10-6-11-18-12-17)16(19)15-8-5-7-13(2)14(15)3/h5,7-8,18H,4,6,9-12H2,1-3H3. The number of ketones is 1. The minimum absolute atomic E-state index is 0.175. The lowest BCUT2D eigenvalue weighted by Crippen LogP contribution is -2.45. The zero-order chi connectivity index (χ0) is 13.9. The second-order valence-corrected chi connectivity index (χ2v) is 5.89. The van der Waals surface area contributed by atoms with Gasteiger partial charge in [-0.3, -0.25) is 4.79 Å². The normalized spacial score (nSPS) is 23.3. The lowest BCUT2D eigenvalue weighted by Gasteiger charge is -2.36. The fraction of sp³-hybridized carbons (Fsp3) is 0.588. The summed E-state index contributed by atoms with van der Waals surface area (Å²) in [5.41, 5.74) is 3.11. The molecule has 1 atom stereocenters. The molecule has 1 aliphatic rings. The van der Waals surface area contributed by atoms with Crippen molar-refractivity contribution in [1.82, 2.24) is 5.32 Å². The summed E-state index contributed by atoms with van der Waals surface area (Å²) < 4.78 is 0. The molecule has 1 aliphatic heterocycles. The van der Waals surface area contributed by atoms with Crippen LogP contribution in [0.3, 0.4) is 0 Å². The number of hydrogen-bond donors (Lipinski definition) is 1. The fourth-order valence-electron chi connectivity index (χ4n) is 3.25. The van der Waals surface area contributed by atoms with Gasteiger partial charge in [0.15, 0.2) is 5.78 Å². The Kier molecular flexibility index (Phi) is 4.41. The second kappa shape index (κ2) is 5.87. The van der Waals surface area contributed by atoms with E-state index in [1.807, 2.05) is 12.1 Å². The second-order valence-electron chi connectivity index (χ2n) is 5.89. The van der Waals surface area contributed by atoms with E-state index >= 15 is 0 Å². The Balaban J connectivity index is 2.36. The van der Waals surface area contributed by atoms with Crippen LogP contribution >= 0.6 is 0 Å². The van der Waals surface area contributed by atoms with Crippen LogP contribution < -0.4 is 5.32 Å². The maximum absolute atomic E-state index is 13.0. The molecule has 19 heavy (non-hydrogen) atoms. The molecule has 2 nitrogen and oxygen atoms in total. The van der Waals surface area contributed by atoms with Crippen LogP contribution in [-0.4, -0.2) is 18.9 Å². The molecule has 1 unspecified atom stereocenters. The highest BCUT2D eigenvalue weighted by Crippen LogP contribution is 2.36. The summed E-state index contributed by atoms with van der Waals surface area (Å²) >= 11 is 0. The van der Waals surface area contributed by atoms with E-state index in [9.17, 15) is 4.79 Å². The number of rotatable bonds is 4. The average Bonchev–Trinajstić information content (AvgIpc) is 2.42. The lowest BCUT2D eigenvalue weighted by atomic mass is 9.71. The third-order valence-corrected chi connectivity index (χ3v) is 4.53. The minimum atomic E-state index is -0.175. The van der Waals surface area contributed by atoms with Gasteiger partial charge in [0.2, 0.25) is 0 Å². The molecule has 1 fully saturated rings. The van der Waals surface area contributed by atoms with E-state index in [-0.39, 0.29) is 5.41 Å². The van der Waals surface area contributed by atoms with Crippen LogP contribution in [0.2, 0.25) is 0 Å². The summed E-state index contributed by atoms with van der Waals surface area (Å²) in [5.74, 6) is 0.350. The molecule has 0 radical (unpaired) electrons. The Morgan fingerprint density at radius 1 is 1.37 bits per heavy atom. The molecule has 1 saturated heterocycles. The van der Waals surface area contributed by atoms with Crippen molar-refractivity contribution in [3.05, 3.63) is 34.9 Å². The number of carbonyl (C=O) groups excluding carboxylic acids is 1. The minimum Gasteiger partial charge on any atom is -0.316 e. The summed E-state index contributed by atoms with van der Waals surface area (Å²) in [6, 6.07) is 6.08. The Labute approximate surface area is 116 Å². The SMILES string of the molecule is CCCC1(C(=O)c2cccc(C)c2C)CCCNC1. The van der Waals surface area contributed by atoms with Crippen molar-refractivity contribution in [2.45, 2.75) is 46.5 Å². The van der Waals surface area contributed by atoms with Crippen LogP contribution in [0.1, 0.15) is 54.1 Å². The highest BCUT2D eigenvalue weighted by molar-refractivity contribution is 6.02. The monoisotopic (exact) mass is 259 g/mol. The zero-order valence-electron chi connectivity index (χ0n) is 12.4. The van der Waals surface area contributed by atoms with Crippen LogP contribution in [0.25, 0.3) is 0 Å². The number of piperidine rings is 1. The van der Waals surface area contributed by atoms with Crippen LogP contribution in [0.15, 0.2) is 18.2 Å². The lowest BCUT2D eigenvalue weighted by molar-refractivity contribution is 0.0717. The van der Waals surface area contributed by atoms with E-state index in [4.69, 9.17) is 0 Å². The van der Waals surface area contributed by atoms with Gasteiger partial charge in [-0.05, 0) is 50.8 Å². The Morgan fingerprint density at radius 3 is 2.79 bits per heavy atom. The first-order valence-electron chi connectivity index (χ1n) is 7.42. The van der Waals surface area contributed by atoms with Gasteiger partial charge >= 0.3 is 0 Å². The van der Waals surface area contributed by atoms with Crippen LogP contribution in [0.5, 0.6) is 0 Å². The zero-order valence-corrected chi connectivity index (χ0v) is 12.4. The summed E-state index contributed by atoms with van der Waals surface area (Å²) in [5, 5.41) is 3.42. The molecular weight excluding hydrogens is 234 g/mol. The molecule has 0 aromatic heterocycles. The summed E-state index contributed by atoms with van der Waals surface area (Å²) in [6.07, 6.45) is 4.20. The number of aryl methyl sites for hydroxylation is 1. The number of Topliss-reactive ketones (excluding diaryl/α,β-unsaturated/α-hetero) is 1. The quantitative estimate of drug-likeness (QED) is 0.836. The Hall–Kier alpha value is -1.15. The first-order chi connectivity index (χ1) is 9.10. The molecule has 0 amide bonds. The largest absolute Gasteiger partial charge is 0.316 e. The van der Waals surface area contributed by atoms with E-state index in [0.29, 0.717) is 5.78 Å². The molecule has 1 aromatic rings. The third-order valence-electron chi connectivity index (χ3n) is 4.53. The summed E-state index contributed by atoms with van der Waals surface area (Å²) in [7, 11) is 0. The Bertz CT molecular complexity index is 453. The van der Waals surface area contributed by atoms with Crippen LogP contribution in [-0.2, 0) is 0 Å². The number of carbonyl (C=O) groups is 1. The van der Waals surface area contributed by atoms with E-state index < -0.39 is 0 Å². The predicted molar refractivity (Wildman–Crippen MR) is 79.7 cm³/mol. The molecule has 0 bridgehead atoms. The molecule has 2 heteroatoms. The van der Waals surface area contributed by atoms with Gasteiger partial charge in [0.05, 0.1) is 0 Å². The maximum Gasteiger partial charge on any atom is 0.170 e. The average molecular weight is 259 g/mol. The van der Waals surface area contributed by atoms with Gasteiger partial charge < -0.3 is 5.32 Å². The van der Waals surface area contributed by atoms with Crippen molar-refractivity contribution in [2.75, 3.05) is 13.1 Å². The van der Waals surface area contributed by atoms with E-state index in [0.717, 1.165) is 49.9 Å². The van der Waals surface area contributed by atoms with Crippen molar-refractivity contribution in [2.24, 2.45) is 5.41 Å². The van der Waals surface area contributed by atoms with Crippen molar-refractivity contribution < 1.29 is 4.79 Å². The van der Waals surface area contributed by atoms with Crippen molar-refractivity contribution >= 4 is 5.78 Å². The van der Waals surface area contributed by atoms with Gasteiger partial charge in [0, 0.05) is 17.5 Å². The summed E-state index contributed by atoms with van der Waals surface area (Å²) in [4.78, 5) is 13.0.